The highest BCUT2D eigenvalue weighted by Crippen LogP contribution is 2.50. The first kappa shape index (κ1) is 52.9. The first-order valence-corrected chi connectivity index (χ1v) is 26.6. The predicted octanol–water partition coefficient (Wildman–Crippen LogP) is 12.3. The Morgan fingerprint density at radius 3 is 1.09 bits per heavy atom. The average Bonchev–Trinajstić information content (AvgIpc) is 4.05. The van der Waals surface area contributed by atoms with Crippen LogP contribution in [0, 0.1) is 0 Å². The molecule has 1 fully saturated rings. The molecule has 11 rings (SSSR count). The number of aromatic nitrogens is 2. The van der Waals surface area contributed by atoms with E-state index < -0.39 is 53.6 Å². The quantitative estimate of drug-likeness (QED) is 0.0714. The molecule has 0 spiro atoms. The molecular formula is C69H61N3O8. The SMILES string of the molecule is COc1ccc(C(Nc2ccn(C3O[C@H](CO)[C@@H](OC(c4ccccc4)(c4ccccc4)c4ccc(OC)cc4)[C@@H]3OC(c3ccccc3)(c3ccccc3)c3ccc(OC)cc3)c(=O)n2)(c2ccccc2)c2ccccc2)cc1. The summed E-state index contributed by atoms with van der Waals surface area (Å²) >= 11 is 0. The lowest BCUT2D eigenvalue weighted by Gasteiger charge is -2.43. The Bertz CT molecular complexity index is 3510. The molecule has 11 heteroatoms. The fraction of sp³-hybridized carbons (Fsp3) is 0.159. The summed E-state index contributed by atoms with van der Waals surface area (Å²) in [6.07, 6.45) is -2.92. The van der Waals surface area contributed by atoms with Crippen LogP contribution in [0.15, 0.2) is 272 Å². The van der Waals surface area contributed by atoms with Gasteiger partial charge in [-0.05, 0) is 92.5 Å². The second-order valence-corrected chi connectivity index (χ2v) is 19.5. The lowest BCUT2D eigenvalue weighted by atomic mass is 9.77. The summed E-state index contributed by atoms with van der Waals surface area (Å²) in [4.78, 5) is 20.3. The second-order valence-electron chi connectivity index (χ2n) is 19.5. The minimum Gasteiger partial charge on any atom is -0.497 e. The highest BCUT2D eigenvalue weighted by molar-refractivity contribution is 5.59. The third-order valence-electron chi connectivity index (χ3n) is 15.2. The van der Waals surface area contributed by atoms with Crippen LogP contribution in [0.4, 0.5) is 5.82 Å². The Morgan fingerprint density at radius 2 is 0.750 bits per heavy atom. The van der Waals surface area contributed by atoms with Gasteiger partial charge in [0.2, 0.25) is 0 Å². The van der Waals surface area contributed by atoms with Gasteiger partial charge in [0.05, 0.1) is 27.9 Å². The van der Waals surface area contributed by atoms with Crippen LogP contribution in [0.3, 0.4) is 0 Å². The van der Waals surface area contributed by atoms with Gasteiger partial charge in [0, 0.05) is 6.20 Å². The fourth-order valence-electron chi connectivity index (χ4n) is 11.3. The largest absolute Gasteiger partial charge is 0.497 e. The lowest BCUT2D eigenvalue weighted by Crippen LogP contribution is -2.49. The van der Waals surface area contributed by atoms with Gasteiger partial charge in [-0.2, -0.15) is 4.98 Å². The summed E-state index contributed by atoms with van der Waals surface area (Å²) in [5, 5.41) is 15.6. The van der Waals surface area contributed by atoms with Gasteiger partial charge in [0.15, 0.2) is 6.23 Å². The molecule has 1 aromatic heterocycles. The molecule has 10 aromatic rings. The lowest BCUT2D eigenvalue weighted by molar-refractivity contribution is -0.156. The number of nitrogens with one attached hydrogen (secondary N) is 1. The number of aliphatic hydroxyl groups excluding tert-OH is 1. The third kappa shape index (κ3) is 9.93. The van der Waals surface area contributed by atoms with E-state index in [0.717, 1.165) is 50.1 Å². The van der Waals surface area contributed by atoms with E-state index in [1.54, 1.807) is 33.6 Å². The molecule has 1 aliphatic heterocycles. The van der Waals surface area contributed by atoms with E-state index in [0.29, 0.717) is 23.1 Å². The van der Waals surface area contributed by atoms with E-state index in [-0.39, 0.29) is 0 Å². The maximum Gasteiger partial charge on any atom is 0.351 e. The van der Waals surface area contributed by atoms with Crippen LogP contribution >= 0.6 is 0 Å². The Labute approximate surface area is 466 Å². The number of anilines is 1. The molecule has 9 aromatic carbocycles. The van der Waals surface area contributed by atoms with Gasteiger partial charge in [-0.25, -0.2) is 4.79 Å². The zero-order chi connectivity index (χ0) is 54.9. The average molecular weight is 1060 g/mol. The molecule has 1 saturated heterocycles. The Balaban J connectivity index is 1.13. The summed E-state index contributed by atoms with van der Waals surface area (Å²) in [6.45, 7) is -0.504. The van der Waals surface area contributed by atoms with Crippen LogP contribution in [-0.4, -0.2) is 60.9 Å². The van der Waals surface area contributed by atoms with Gasteiger partial charge >= 0.3 is 5.69 Å². The molecule has 11 nitrogen and oxygen atoms in total. The molecule has 0 amide bonds. The third-order valence-corrected chi connectivity index (χ3v) is 15.2. The molecule has 0 aliphatic carbocycles. The number of hydrogen-bond donors (Lipinski definition) is 2. The number of hydrogen-bond acceptors (Lipinski definition) is 10. The molecule has 1 unspecified atom stereocenters. The zero-order valence-electron chi connectivity index (χ0n) is 44.6. The van der Waals surface area contributed by atoms with Crippen LogP contribution < -0.4 is 25.2 Å². The van der Waals surface area contributed by atoms with E-state index in [4.69, 9.17) is 33.4 Å². The Kier molecular flexibility index (Phi) is 15.5. The zero-order valence-corrected chi connectivity index (χ0v) is 44.6. The van der Waals surface area contributed by atoms with Gasteiger partial charge in [-0.1, -0.05) is 218 Å². The van der Waals surface area contributed by atoms with Crippen LogP contribution in [0.5, 0.6) is 17.2 Å². The number of nitrogens with zero attached hydrogens (tertiary/aromatic N) is 2. The number of methoxy groups -OCH3 is 3. The van der Waals surface area contributed by atoms with Crippen molar-refractivity contribution in [2.75, 3.05) is 33.3 Å². The summed E-state index contributed by atoms with van der Waals surface area (Å²) in [6, 6.07) is 85.3. The molecule has 1 aliphatic rings. The van der Waals surface area contributed by atoms with Gasteiger partial charge in [-0.3, -0.25) is 4.57 Å². The maximum atomic E-state index is 15.4. The molecule has 0 saturated carbocycles. The summed E-state index contributed by atoms with van der Waals surface area (Å²) in [7, 11) is 4.91. The summed E-state index contributed by atoms with van der Waals surface area (Å²) in [5.41, 5.74) is 2.96. The molecule has 0 bridgehead atoms. The maximum absolute atomic E-state index is 15.4. The smallest absolute Gasteiger partial charge is 0.351 e. The van der Waals surface area contributed by atoms with Crippen molar-refractivity contribution >= 4 is 5.82 Å². The van der Waals surface area contributed by atoms with Crippen molar-refractivity contribution in [2.24, 2.45) is 0 Å². The molecule has 400 valence electrons. The van der Waals surface area contributed by atoms with Crippen LogP contribution in [-0.2, 0) is 31.0 Å². The standard InChI is InChI=1S/C69H61N3O8/c1-75-58-40-34-51(35-41-58)67(49-22-10-4-11-23-49,50-24-12-5-13-25-50)71-62-46-47-72(66(74)70-62)65-64(80-69(54-30-18-8-19-31-54,55-32-20-9-21-33-55)57-38-44-60(77-3)45-39-57)63(61(48-73)78-65)79-68(52-26-14-6-15-27-52,53-28-16-7-17-29-53)56-36-42-59(76-2)43-37-56/h4-47,61,63-65,73H,48H2,1-3H3,(H,70,71,74)/t61-,63-,64+,65?/m1/s1. The van der Waals surface area contributed by atoms with Gasteiger partial charge in [0.25, 0.3) is 0 Å². The number of benzene rings is 9. The van der Waals surface area contributed by atoms with Crippen molar-refractivity contribution in [3.8, 4) is 17.2 Å². The van der Waals surface area contributed by atoms with E-state index in [9.17, 15) is 5.11 Å². The van der Waals surface area contributed by atoms with E-state index in [1.807, 2.05) is 231 Å². The van der Waals surface area contributed by atoms with Crippen molar-refractivity contribution in [1.29, 1.82) is 0 Å². The summed E-state index contributed by atoms with van der Waals surface area (Å²) < 4.78 is 41.6. The Hall–Kier alpha value is -9.10. The molecule has 0 radical (unpaired) electrons. The predicted molar refractivity (Wildman–Crippen MR) is 310 cm³/mol. The van der Waals surface area contributed by atoms with Crippen molar-refractivity contribution in [1.82, 2.24) is 9.55 Å². The fourth-order valence-corrected chi connectivity index (χ4v) is 11.3. The molecule has 4 atom stereocenters. The highest BCUT2D eigenvalue weighted by atomic mass is 16.6. The first-order chi connectivity index (χ1) is 39.3. The molecule has 80 heavy (non-hydrogen) atoms. The van der Waals surface area contributed by atoms with Crippen molar-refractivity contribution < 1.29 is 33.5 Å². The van der Waals surface area contributed by atoms with Crippen molar-refractivity contribution in [3.05, 3.63) is 328 Å². The second kappa shape index (κ2) is 23.5. The Morgan fingerprint density at radius 1 is 0.438 bits per heavy atom. The van der Waals surface area contributed by atoms with Crippen LogP contribution in [0.1, 0.15) is 56.3 Å². The first-order valence-electron chi connectivity index (χ1n) is 26.6. The highest BCUT2D eigenvalue weighted by Gasteiger charge is 2.56. The van der Waals surface area contributed by atoms with E-state index in [1.165, 1.54) is 4.57 Å². The molecule has 2 N–H and O–H groups in total. The molecule has 2 heterocycles. The van der Waals surface area contributed by atoms with Gasteiger partial charge < -0.3 is 38.8 Å². The van der Waals surface area contributed by atoms with Crippen molar-refractivity contribution in [3.63, 3.8) is 0 Å². The molecular weight excluding hydrogens is 999 g/mol. The van der Waals surface area contributed by atoms with Crippen molar-refractivity contribution in [2.45, 2.75) is 41.3 Å². The van der Waals surface area contributed by atoms with E-state index in [2.05, 4.69) is 29.6 Å². The number of rotatable bonds is 20. The number of ether oxygens (including phenoxy) is 6. The summed E-state index contributed by atoms with van der Waals surface area (Å²) in [5.74, 6) is 2.32. The van der Waals surface area contributed by atoms with E-state index >= 15 is 4.79 Å². The topological polar surface area (TPSA) is 123 Å². The van der Waals surface area contributed by atoms with Crippen LogP contribution in [0.25, 0.3) is 0 Å². The number of aliphatic hydroxyl groups is 1. The van der Waals surface area contributed by atoms with Crippen LogP contribution in [0.2, 0.25) is 0 Å². The minimum absolute atomic E-state index is 0.296. The van der Waals surface area contributed by atoms with Gasteiger partial charge in [-0.15, -0.1) is 0 Å². The monoisotopic (exact) mass is 1060 g/mol. The minimum atomic E-state index is -1.41. The normalized spacial score (nSPS) is 16.4. The van der Waals surface area contributed by atoms with Gasteiger partial charge in [0.1, 0.15) is 58.1 Å².